The van der Waals surface area contributed by atoms with Crippen molar-refractivity contribution in [2.75, 3.05) is 26.3 Å². The van der Waals surface area contributed by atoms with Gasteiger partial charge in [-0.3, -0.25) is 19.4 Å². The van der Waals surface area contributed by atoms with Crippen molar-refractivity contribution in [3.05, 3.63) is 12.2 Å². The first-order valence-corrected chi connectivity index (χ1v) is 16.4. The third-order valence-electron chi connectivity index (χ3n) is 6.11. The molecule has 1 aliphatic heterocycles. The highest BCUT2D eigenvalue weighted by molar-refractivity contribution is 6.72. The third kappa shape index (κ3) is 12.1. The number of alkyl halides is 3. The third-order valence-corrected chi connectivity index (χ3v) is 10.1. The molecule has 3 atom stereocenters. The van der Waals surface area contributed by atoms with Crippen molar-refractivity contribution in [1.29, 1.82) is 0 Å². The highest BCUT2D eigenvalue weighted by Crippen LogP contribution is 2.26. The fourth-order valence-corrected chi connectivity index (χ4v) is 4.27. The number of nitrogens with one attached hydrogen (secondary N) is 3. The van der Waals surface area contributed by atoms with Gasteiger partial charge in [0.2, 0.25) is 9.70 Å². The van der Waals surface area contributed by atoms with Gasteiger partial charge in [-0.1, -0.05) is 60.8 Å². The van der Waals surface area contributed by atoms with Crippen LogP contribution in [-0.2, 0) is 23.5 Å². The van der Waals surface area contributed by atoms with Crippen molar-refractivity contribution in [2.24, 2.45) is 0 Å². The number of amides is 2. The minimum Gasteiger partial charge on any atom is -0.460 e. The van der Waals surface area contributed by atoms with Gasteiger partial charge in [0.25, 0.3) is 5.91 Å². The van der Waals surface area contributed by atoms with Crippen LogP contribution in [0.5, 0.6) is 0 Å². The molecule has 36 heavy (non-hydrogen) atoms. The highest BCUT2D eigenvalue weighted by atomic mass is 35.6. The molecule has 1 heterocycles. The van der Waals surface area contributed by atoms with Gasteiger partial charge in [-0.25, -0.2) is 5.43 Å². The predicted molar refractivity (Wildman–Crippen MR) is 146 cm³/mol. The van der Waals surface area contributed by atoms with Crippen LogP contribution in [0.3, 0.4) is 0 Å². The topological polar surface area (TPSA) is 109 Å². The van der Waals surface area contributed by atoms with E-state index >= 15 is 0 Å². The predicted octanol–water partition coefficient (Wildman–Crippen LogP) is 3.46. The van der Waals surface area contributed by atoms with Crippen LogP contribution in [0.2, 0.25) is 18.6 Å². The van der Waals surface area contributed by atoms with Crippen LogP contribution in [0.4, 0.5) is 0 Å². The number of hydrogen-bond donors (Lipinski definition) is 3. The van der Waals surface area contributed by atoms with E-state index in [2.05, 4.69) is 43.0 Å². The lowest BCUT2D eigenvalue weighted by atomic mass is 10.1. The molecule has 1 rings (SSSR count). The Morgan fingerprint density at radius 2 is 1.89 bits per heavy atom. The smallest absolute Gasteiger partial charge is 0.325 e. The molecular formula is C23H41Cl3N4O5Si. The average Bonchev–Trinajstić information content (AvgIpc) is 2.80. The monoisotopic (exact) mass is 586 g/mol. The number of carbonyl (C=O) groups excluding carboxylic acids is 3. The van der Waals surface area contributed by atoms with Crippen LogP contribution in [-0.4, -0.2) is 79.3 Å². The maximum Gasteiger partial charge on any atom is 0.325 e. The van der Waals surface area contributed by atoms with E-state index < -0.39 is 42.8 Å². The Morgan fingerprint density at radius 1 is 1.22 bits per heavy atom. The molecule has 0 radical (unpaired) electrons. The summed E-state index contributed by atoms with van der Waals surface area (Å²) >= 11 is 16.9. The van der Waals surface area contributed by atoms with Gasteiger partial charge in [0.1, 0.15) is 24.7 Å². The van der Waals surface area contributed by atoms with E-state index in [1.165, 1.54) is 5.01 Å². The standard InChI is InChI=1S/C23H41Cl3N4O5Si/c1-7-8-9-12-27-19(14-35-36(5,6)16(2)3)20(31)28-17(4)21(32)30-13-10-11-18(29-30)22(33)34-15-23(24,25)26/h7-8,16-19,27,29H,9-15H2,1-6H3,(H,28,31). The van der Waals surface area contributed by atoms with Gasteiger partial charge in [-0.15, -0.1) is 0 Å². The van der Waals surface area contributed by atoms with Crippen molar-refractivity contribution < 1.29 is 23.5 Å². The van der Waals surface area contributed by atoms with Crippen molar-refractivity contribution >= 4 is 60.9 Å². The molecule has 0 spiro atoms. The Balaban J connectivity index is 2.74. The SMILES string of the molecule is CC=CCCNC(CO[Si](C)(C)C(C)C)C(=O)NC(C)C(=O)N1CCCC(C(=O)OCC(Cl)(Cl)Cl)N1. The lowest BCUT2D eigenvalue weighted by Gasteiger charge is -2.35. The summed E-state index contributed by atoms with van der Waals surface area (Å²) in [4.78, 5) is 38.4. The molecule has 0 aliphatic carbocycles. The van der Waals surface area contributed by atoms with E-state index in [9.17, 15) is 14.4 Å². The van der Waals surface area contributed by atoms with Crippen LogP contribution in [0, 0.1) is 0 Å². The van der Waals surface area contributed by atoms with Crippen LogP contribution in [0.25, 0.3) is 0 Å². The van der Waals surface area contributed by atoms with E-state index in [0.29, 0.717) is 31.5 Å². The molecule has 1 saturated heterocycles. The van der Waals surface area contributed by atoms with E-state index in [4.69, 9.17) is 44.0 Å². The Morgan fingerprint density at radius 3 is 2.47 bits per heavy atom. The number of rotatable bonds is 13. The number of ether oxygens (including phenoxy) is 1. The van der Waals surface area contributed by atoms with Crippen LogP contribution in [0.1, 0.15) is 47.0 Å². The number of carbonyl (C=O) groups is 3. The molecule has 1 fully saturated rings. The van der Waals surface area contributed by atoms with E-state index in [0.717, 1.165) is 6.42 Å². The summed E-state index contributed by atoms with van der Waals surface area (Å²) in [6.45, 7) is 12.8. The van der Waals surface area contributed by atoms with Crippen molar-refractivity contribution in [1.82, 2.24) is 21.1 Å². The lowest BCUT2D eigenvalue weighted by molar-refractivity contribution is -0.152. The normalized spacial score (nSPS) is 18.8. The molecular weight excluding hydrogens is 547 g/mol. The van der Waals surface area contributed by atoms with Gasteiger partial charge in [-0.2, -0.15) is 0 Å². The zero-order valence-electron chi connectivity index (χ0n) is 22.0. The van der Waals surface area contributed by atoms with E-state index in [-0.39, 0.29) is 18.4 Å². The molecule has 0 saturated carbocycles. The number of nitrogens with zero attached hydrogens (tertiary/aromatic N) is 1. The quantitative estimate of drug-likeness (QED) is 0.0996. The summed E-state index contributed by atoms with van der Waals surface area (Å²) < 4.78 is 9.50. The summed E-state index contributed by atoms with van der Waals surface area (Å²) in [5, 5.41) is 7.36. The molecule has 3 unspecified atom stereocenters. The summed E-state index contributed by atoms with van der Waals surface area (Å²) in [5.41, 5.74) is 3.26. The molecule has 0 aromatic rings. The van der Waals surface area contributed by atoms with Gasteiger partial charge in [-0.05, 0) is 58.3 Å². The van der Waals surface area contributed by atoms with Crippen molar-refractivity contribution in [3.63, 3.8) is 0 Å². The van der Waals surface area contributed by atoms with Crippen molar-refractivity contribution in [3.8, 4) is 0 Å². The zero-order valence-corrected chi connectivity index (χ0v) is 25.3. The maximum absolute atomic E-state index is 13.1. The zero-order chi connectivity index (χ0) is 27.5. The number of esters is 1. The van der Waals surface area contributed by atoms with Gasteiger partial charge in [0, 0.05) is 6.54 Å². The van der Waals surface area contributed by atoms with E-state index in [1.807, 2.05) is 19.1 Å². The van der Waals surface area contributed by atoms with Crippen molar-refractivity contribution in [2.45, 2.75) is 87.5 Å². The van der Waals surface area contributed by atoms with Gasteiger partial charge in [0.05, 0.1) is 6.61 Å². The molecule has 1 aliphatic rings. The summed E-state index contributed by atoms with van der Waals surface area (Å²) in [5.74, 6) is -1.30. The second kappa shape index (κ2) is 15.5. The van der Waals surface area contributed by atoms with Crippen LogP contribution < -0.4 is 16.1 Å². The van der Waals surface area contributed by atoms with Crippen LogP contribution in [0.15, 0.2) is 12.2 Å². The largest absolute Gasteiger partial charge is 0.460 e. The van der Waals surface area contributed by atoms with Gasteiger partial charge < -0.3 is 19.8 Å². The molecule has 208 valence electrons. The fraction of sp³-hybridized carbons (Fsp3) is 0.783. The molecule has 9 nitrogen and oxygen atoms in total. The number of halogens is 3. The Hall–Kier alpha value is -0.883. The first-order chi connectivity index (χ1) is 16.7. The molecule has 0 aromatic carbocycles. The minimum absolute atomic E-state index is 0.221. The second-order valence-corrected chi connectivity index (χ2v) is 16.9. The average molecular weight is 588 g/mol. The Labute approximate surface area is 231 Å². The number of hydrazine groups is 1. The number of hydrogen-bond acceptors (Lipinski definition) is 7. The lowest BCUT2D eigenvalue weighted by Crippen LogP contribution is -2.61. The maximum atomic E-state index is 13.1. The van der Waals surface area contributed by atoms with E-state index in [1.54, 1.807) is 6.92 Å². The van der Waals surface area contributed by atoms with Gasteiger partial charge >= 0.3 is 5.97 Å². The molecule has 2 amide bonds. The molecule has 3 N–H and O–H groups in total. The minimum atomic E-state index is -1.96. The Kier molecular flexibility index (Phi) is 14.3. The fourth-order valence-electron chi connectivity index (χ4n) is 3.18. The number of allylic oxidation sites excluding steroid dienone is 1. The Bertz CT molecular complexity index is 765. The molecule has 0 bridgehead atoms. The van der Waals surface area contributed by atoms with Gasteiger partial charge in [0.15, 0.2) is 8.32 Å². The molecule has 0 aromatic heterocycles. The summed E-state index contributed by atoms with van der Waals surface area (Å²) in [7, 11) is -1.96. The highest BCUT2D eigenvalue weighted by Gasteiger charge is 2.34. The first kappa shape index (κ1) is 33.1. The second-order valence-electron chi connectivity index (χ2n) is 9.70. The summed E-state index contributed by atoms with van der Waals surface area (Å²) in [6.07, 6.45) is 5.78. The molecule has 13 heteroatoms. The first-order valence-electron chi connectivity index (χ1n) is 12.3. The summed E-state index contributed by atoms with van der Waals surface area (Å²) in [6, 6.07) is -2.18. The van der Waals surface area contributed by atoms with Crippen LogP contribution >= 0.6 is 34.8 Å².